The summed E-state index contributed by atoms with van der Waals surface area (Å²) in [5.74, 6) is 1.08. The molecule has 41 heavy (non-hydrogen) atoms. The molecule has 2 aromatic carbocycles. The number of aromatic amines is 1. The van der Waals surface area contributed by atoms with Crippen LogP contribution in [0.15, 0.2) is 42.5 Å². The van der Waals surface area contributed by atoms with Crippen molar-refractivity contribution in [3.8, 4) is 11.5 Å². The van der Waals surface area contributed by atoms with Gasteiger partial charge in [0.25, 0.3) is 0 Å². The Labute approximate surface area is 242 Å². The number of carbonyl (C=O) groups excluding carboxylic acids is 2. The molecule has 1 amide bonds. The number of hydrogen-bond donors (Lipinski definition) is 2. The molecule has 2 N–H and O–H groups in total. The van der Waals surface area contributed by atoms with Gasteiger partial charge in [0.2, 0.25) is 5.91 Å². The van der Waals surface area contributed by atoms with Crippen molar-refractivity contribution in [2.75, 3.05) is 26.2 Å². The van der Waals surface area contributed by atoms with E-state index < -0.39 is 17.5 Å². The van der Waals surface area contributed by atoms with E-state index >= 15 is 0 Å². The Morgan fingerprint density at radius 1 is 1.07 bits per heavy atom. The number of likely N-dealkylation sites (tertiary alicyclic amines) is 1. The van der Waals surface area contributed by atoms with E-state index in [1.54, 1.807) is 18.2 Å². The van der Waals surface area contributed by atoms with E-state index in [2.05, 4.69) is 16.8 Å². The number of amides is 1. The Hall–Kier alpha value is -3.32. The number of rotatable bonds is 9. The fourth-order valence-electron chi connectivity index (χ4n) is 7.41. The van der Waals surface area contributed by atoms with Crippen molar-refractivity contribution in [3.63, 3.8) is 0 Å². The van der Waals surface area contributed by atoms with Crippen LogP contribution in [0.3, 0.4) is 0 Å². The summed E-state index contributed by atoms with van der Waals surface area (Å²) in [6.07, 6.45) is 6.63. The highest BCUT2D eigenvalue weighted by Crippen LogP contribution is 2.50. The largest absolute Gasteiger partial charge is 0.508 e. The number of hydrogen-bond acceptors (Lipinski definition) is 5. The van der Waals surface area contributed by atoms with Crippen LogP contribution in [0.25, 0.3) is 10.9 Å². The number of nitrogens with zero attached hydrogens (tertiary/aromatic N) is 2. The van der Waals surface area contributed by atoms with Crippen molar-refractivity contribution in [1.29, 1.82) is 0 Å². The maximum absolute atomic E-state index is 14.1. The smallest absolute Gasteiger partial charge is 0.234 e. The van der Waals surface area contributed by atoms with Gasteiger partial charge in [-0.2, -0.15) is 0 Å². The van der Waals surface area contributed by atoms with Crippen molar-refractivity contribution < 1.29 is 19.4 Å². The molecule has 0 aliphatic carbocycles. The lowest BCUT2D eigenvalue weighted by molar-refractivity contribution is -0.136. The highest BCUT2D eigenvalue weighted by molar-refractivity contribution is 6.13. The van der Waals surface area contributed by atoms with E-state index in [1.165, 1.54) is 25.9 Å². The number of piperidine rings is 1. The molecule has 7 heteroatoms. The third-order valence-electron chi connectivity index (χ3n) is 9.72. The van der Waals surface area contributed by atoms with Gasteiger partial charge in [0, 0.05) is 23.0 Å². The summed E-state index contributed by atoms with van der Waals surface area (Å²) in [5, 5.41) is 11.4. The number of phenolic OH excluding ortho intramolecular Hbond substituents is 1. The quantitative estimate of drug-likeness (QED) is 0.249. The molecule has 4 heterocycles. The summed E-state index contributed by atoms with van der Waals surface area (Å²) in [4.78, 5) is 36.2. The molecule has 3 aliphatic rings. The second kappa shape index (κ2) is 11.2. The van der Waals surface area contributed by atoms with E-state index in [0.29, 0.717) is 19.4 Å². The molecule has 7 nitrogen and oxygen atoms in total. The van der Waals surface area contributed by atoms with Crippen LogP contribution in [0.4, 0.5) is 0 Å². The van der Waals surface area contributed by atoms with E-state index in [1.807, 2.05) is 43.0 Å². The summed E-state index contributed by atoms with van der Waals surface area (Å²) in [6, 6.07) is 12.6. The lowest BCUT2D eigenvalue weighted by Crippen LogP contribution is -2.53. The van der Waals surface area contributed by atoms with E-state index in [9.17, 15) is 14.7 Å². The Bertz CT molecular complexity index is 1440. The van der Waals surface area contributed by atoms with Crippen LogP contribution >= 0.6 is 0 Å². The molecule has 3 aromatic rings. The van der Waals surface area contributed by atoms with Crippen molar-refractivity contribution in [2.45, 2.75) is 77.3 Å². The van der Waals surface area contributed by atoms with E-state index in [0.717, 1.165) is 65.2 Å². The predicted molar refractivity (Wildman–Crippen MR) is 160 cm³/mol. The molecule has 0 saturated carbocycles. The molecule has 0 bridgehead atoms. The minimum Gasteiger partial charge on any atom is -0.508 e. The number of aromatic nitrogens is 1. The second-order valence-corrected chi connectivity index (χ2v) is 12.6. The lowest BCUT2D eigenvalue weighted by atomic mass is 9.79. The van der Waals surface area contributed by atoms with Crippen molar-refractivity contribution in [1.82, 2.24) is 14.8 Å². The highest BCUT2D eigenvalue weighted by Gasteiger charge is 2.60. The molecule has 218 valence electrons. The van der Waals surface area contributed by atoms with Crippen LogP contribution in [-0.4, -0.2) is 63.4 Å². The predicted octanol–water partition coefficient (Wildman–Crippen LogP) is 6.00. The number of aromatic hydroxyl groups is 1. The summed E-state index contributed by atoms with van der Waals surface area (Å²) < 4.78 is 5.79. The summed E-state index contributed by atoms with van der Waals surface area (Å²) >= 11 is 0. The number of fused-ring (bicyclic) bond motifs is 4. The van der Waals surface area contributed by atoms with Gasteiger partial charge in [0.1, 0.15) is 17.0 Å². The average Bonchev–Trinajstić information content (AvgIpc) is 3.40. The minimum atomic E-state index is -0.952. The number of unbranched alkanes of at least 4 members (excludes halogenated alkanes) is 2. The van der Waals surface area contributed by atoms with Gasteiger partial charge in [-0.05, 0) is 107 Å². The van der Waals surface area contributed by atoms with Gasteiger partial charge in [-0.25, -0.2) is 0 Å². The average molecular weight is 558 g/mol. The maximum Gasteiger partial charge on any atom is 0.234 e. The first kappa shape index (κ1) is 27.8. The molecule has 2 fully saturated rings. The number of phenols is 1. The fourth-order valence-corrected chi connectivity index (χ4v) is 7.41. The van der Waals surface area contributed by atoms with Crippen molar-refractivity contribution in [3.05, 3.63) is 59.3 Å². The molecule has 0 radical (unpaired) electrons. The highest BCUT2D eigenvalue weighted by atomic mass is 16.5. The van der Waals surface area contributed by atoms with Crippen molar-refractivity contribution >= 4 is 22.6 Å². The number of ether oxygens (including phenoxy) is 1. The lowest BCUT2D eigenvalue weighted by Gasteiger charge is -2.44. The Morgan fingerprint density at radius 2 is 1.88 bits per heavy atom. The Kier molecular flexibility index (Phi) is 7.58. The van der Waals surface area contributed by atoms with Crippen LogP contribution in [0.1, 0.15) is 82.2 Å². The van der Waals surface area contributed by atoms with Crippen LogP contribution in [-0.2, 0) is 16.0 Å². The van der Waals surface area contributed by atoms with E-state index in [-0.39, 0.29) is 17.4 Å². The number of H-pyrrole nitrogens is 1. The van der Waals surface area contributed by atoms with Gasteiger partial charge in [-0.15, -0.1) is 0 Å². The Balaban J connectivity index is 1.27. The first-order chi connectivity index (χ1) is 19.8. The van der Waals surface area contributed by atoms with E-state index in [4.69, 9.17) is 4.74 Å². The third-order valence-corrected chi connectivity index (χ3v) is 9.72. The van der Waals surface area contributed by atoms with Gasteiger partial charge in [-0.3, -0.25) is 9.59 Å². The topological polar surface area (TPSA) is 85.9 Å². The second-order valence-electron chi connectivity index (χ2n) is 12.6. The van der Waals surface area contributed by atoms with Crippen LogP contribution < -0.4 is 4.74 Å². The standard InChI is InChI=1S/C34H43N3O4/c1-4-41-25-12-13-29-27(20-25)28-21-34(3)32(39)26(11-6-5-7-16-36-17-14-22(2)15-18-36)33(40)37(34)31(30(28)35-29)23-9-8-10-24(38)19-23/h8-10,12-13,19-20,22,26,31,35,38H,4-7,11,14-18,21H2,1-3H3/t26?,31-,34+/m1/s1. The van der Waals surface area contributed by atoms with Gasteiger partial charge >= 0.3 is 0 Å². The zero-order chi connectivity index (χ0) is 28.7. The van der Waals surface area contributed by atoms with Crippen molar-refractivity contribution in [2.24, 2.45) is 11.8 Å². The van der Waals surface area contributed by atoms with Gasteiger partial charge < -0.3 is 24.6 Å². The number of benzene rings is 2. The Morgan fingerprint density at radius 3 is 2.63 bits per heavy atom. The zero-order valence-electron chi connectivity index (χ0n) is 24.6. The summed E-state index contributed by atoms with van der Waals surface area (Å²) in [5.41, 5.74) is 2.76. The fraction of sp³-hybridized carbons (Fsp3) is 0.529. The number of ketones is 1. The normalized spacial score (nSPS) is 25.1. The molecular weight excluding hydrogens is 514 g/mol. The van der Waals surface area contributed by atoms with Crippen LogP contribution in [0.5, 0.6) is 11.5 Å². The molecule has 2 saturated heterocycles. The third kappa shape index (κ3) is 5.03. The summed E-state index contributed by atoms with van der Waals surface area (Å²) in [7, 11) is 0. The first-order valence-corrected chi connectivity index (χ1v) is 15.5. The minimum absolute atomic E-state index is 0.0265. The van der Waals surface area contributed by atoms with Crippen LogP contribution in [0.2, 0.25) is 0 Å². The number of Topliss-reactive ketones (excluding diaryl/α,β-unsaturated/α-hetero) is 1. The van der Waals surface area contributed by atoms with Gasteiger partial charge in [0.15, 0.2) is 5.78 Å². The SMILES string of the molecule is CCOc1ccc2[nH]c3c(c2c1)C[C@@]1(C)C(=O)C(CCCCCN2CCC(C)CC2)C(=O)N1[C@@H]3c1cccc(O)c1. The molecule has 0 spiro atoms. The molecule has 3 atom stereocenters. The molecule has 1 aromatic heterocycles. The summed E-state index contributed by atoms with van der Waals surface area (Å²) in [6.45, 7) is 10.3. The van der Waals surface area contributed by atoms with Gasteiger partial charge in [-0.1, -0.05) is 31.9 Å². The zero-order valence-corrected chi connectivity index (χ0v) is 24.6. The molecule has 6 rings (SSSR count). The molecular formula is C34H43N3O4. The first-order valence-electron chi connectivity index (χ1n) is 15.5. The molecule has 3 aliphatic heterocycles. The van der Waals surface area contributed by atoms with Crippen LogP contribution in [0, 0.1) is 11.8 Å². The monoisotopic (exact) mass is 557 g/mol. The number of nitrogens with one attached hydrogen (secondary N) is 1. The number of carbonyl (C=O) groups is 2. The molecule has 1 unspecified atom stereocenters. The maximum atomic E-state index is 14.1. The van der Waals surface area contributed by atoms with Gasteiger partial charge in [0.05, 0.1) is 18.6 Å².